The zero-order valence-corrected chi connectivity index (χ0v) is 16.0. The van der Waals surface area contributed by atoms with E-state index in [2.05, 4.69) is 38.5 Å². The molecule has 0 aromatic carbocycles. The number of rotatable bonds is 2. The van der Waals surface area contributed by atoms with Crippen molar-refractivity contribution in [1.29, 1.82) is 0 Å². The van der Waals surface area contributed by atoms with Gasteiger partial charge in [0, 0.05) is 0 Å². The van der Waals surface area contributed by atoms with E-state index in [1.807, 2.05) is 32.7 Å². The second-order valence-electron chi connectivity index (χ2n) is 6.60. The van der Waals surface area contributed by atoms with E-state index in [1.54, 1.807) is 5.70 Å². The van der Waals surface area contributed by atoms with Crippen LogP contribution in [-0.4, -0.2) is 34.3 Å². The number of hydrogen-bond acceptors (Lipinski definition) is 2. The molecule has 0 aliphatic carbocycles. The van der Waals surface area contributed by atoms with Gasteiger partial charge >= 0.3 is 0 Å². The molecule has 0 bridgehead atoms. The van der Waals surface area contributed by atoms with Crippen LogP contribution >= 0.6 is 0 Å². The summed E-state index contributed by atoms with van der Waals surface area (Å²) in [4.78, 5) is 17.5. The standard InChI is InChI=1S/C5H12Si.C4H10OSi.C3H10OSi/c1-5-6(2,3)4;1-4-6(2,3)5;1-5(2,3)4/h5H,1H2,2-4H3;4-5H,1H2,2-3H3;4H,1-3H3. The van der Waals surface area contributed by atoms with E-state index in [-0.39, 0.29) is 0 Å². The molecular weight excluding hydrogens is 260 g/mol. The smallest absolute Gasteiger partial charge is 0.206 e. The molecule has 0 aliphatic rings. The van der Waals surface area contributed by atoms with Gasteiger partial charge < -0.3 is 9.59 Å². The normalized spacial score (nSPS) is 11.4. The SMILES string of the molecule is C=C[Si](C)(C)C.C=C[Si](C)(C)O.C[Si](C)(C)O. The molecule has 2 nitrogen and oxygen atoms in total. The molecule has 0 radical (unpaired) electrons. The largest absolute Gasteiger partial charge is 0.433 e. The van der Waals surface area contributed by atoms with E-state index in [0.29, 0.717) is 0 Å². The fraction of sp³-hybridized carbons (Fsp3) is 0.667. The lowest BCUT2D eigenvalue weighted by molar-refractivity contribution is 0.560. The van der Waals surface area contributed by atoms with Gasteiger partial charge in [-0.15, -0.1) is 18.9 Å². The van der Waals surface area contributed by atoms with Gasteiger partial charge in [-0.3, -0.25) is 0 Å². The zero-order valence-electron chi connectivity index (χ0n) is 13.0. The van der Waals surface area contributed by atoms with Crippen LogP contribution in [0.4, 0.5) is 0 Å². The fourth-order valence-electron chi connectivity index (χ4n) is 0. The third-order valence-electron chi connectivity index (χ3n) is 1.11. The van der Waals surface area contributed by atoms with Crippen LogP contribution in [0.1, 0.15) is 0 Å². The average Bonchev–Trinajstić information content (AvgIpc) is 2.00. The van der Waals surface area contributed by atoms with Crippen LogP contribution < -0.4 is 0 Å². The van der Waals surface area contributed by atoms with Crippen LogP contribution in [0, 0.1) is 0 Å². The minimum absolute atomic E-state index is 0.867. The van der Waals surface area contributed by atoms with Crippen molar-refractivity contribution in [1.82, 2.24) is 0 Å². The van der Waals surface area contributed by atoms with E-state index in [9.17, 15) is 0 Å². The van der Waals surface area contributed by atoms with Gasteiger partial charge in [-0.2, -0.15) is 0 Å². The topological polar surface area (TPSA) is 40.5 Å². The van der Waals surface area contributed by atoms with Crippen molar-refractivity contribution >= 4 is 24.7 Å². The molecule has 0 saturated heterocycles. The highest BCUT2D eigenvalue weighted by Crippen LogP contribution is 1.98. The lowest BCUT2D eigenvalue weighted by atomic mass is 11.3. The van der Waals surface area contributed by atoms with Gasteiger partial charge in [-0.05, 0) is 32.7 Å². The summed E-state index contributed by atoms with van der Waals surface area (Å²) < 4.78 is 0. The van der Waals surface area contributed by atoms with Gasteiger partial charge in [0.15, 0.2) is 8.32 Å². The summed E-state index contributed by atoms with van der Waals surface area (Å²) in [7, 11) is -4.35. The molecule has 104 valence electrons. The van der Waals surface area contributed by atoms with Gasteiger partial charge in [0.1, 0.15) is 0 Å². The summed E-state index contributed by atoms with van der Waals surface area (Å²) in [6.07, 6.45) is 0. The summed E-state index contributed by atoms with van der Waals surface area (Å²) in [6.45, 7) is 23.2. The van der Waals surface area contributed by atoms with E-state index >= 15 is 0 Å². The summed E-state index contributed by atoms with van der Waals surface area (Å²) >= 11 is 0. The Bertz CT molecular complexity index is 183. The maximum Gasteiger partial charge on any atom is 0.206 e. The first-order valence-corrected chi connectivity index (χ1v) is 15.9. The van der Waals surface area contributed by atoms with E-state index in [1.165, 1.54) is 0 Å². The first kappa shape index (κ1) is 22.3. The monoisotopic (exact) mass is 292 g/mol. The lowest BCUT2D eigenvalue weighted by Crippen LogP contribution is -2.20. The molecule has 0 saturated carbocycles. The highest BCUT2D eigenvalue weighted by Gasteiger charge is 2.08. The highest BCUT2D eigenvalue weighted by molar-refractivity contribution is 6.80. The molecule has 0 spiro atoms. The summed E-state index contributed by atoms with van der Waals surface area (Å²) in [5, 5.41) is 0. The van der Waals surface area contributed by atoms with Crippen molar-refractivity contribution < 1.29 is 9.59 Å². The van der Waals surface area contributed by atoms with Crippen molar-refractivity contribution in [3.63, 3.8) is 0 Å². The Kier molecular flexibility index (Phi) is 11.8. The maximum absolute atomic E-state index is 8.85. The maximum atomic E-state index is 8.85. The molecule has 0 rings (SSSR count). The second-order valence-corrected chi connectivity index (χ2v) is 19.8. The Balaban J connectivity index is -0.000000174. The molecule has 0 aromatic rings. The summed E-state index contributed by atoms with van der Waals surface area (Å²) in [6, 6.07) is 0. The van der Waals surface area contributed by atoms with Crippen molar-refractivity contribution in [2.24, 2.45) is 0 Å². The molecule has 17 heavy (non-hydrogen) atoms. The van der Waals surface area contributed by atoms with Crippen LogP contribution in [0.25, 0.3) is 0 Å². The second kappa shape index (κ2) is 9.04. The van der Waals surface area contributed by atoms with Crippen LogP contribution in [-0.2, 0) is 0 Å². The predicted molar refractivity (Wildman–Crippen MR) is 89.0 cm³/mol. The average molecular weight is 293 g/mol. The third kappa shape index (κ3) is 86.6. The summed E-state index contributed by atoms with van der Waals surface area (Å²) in [5.41, 5.74) is 3.71. The highest BCUT2D eigenvalue weighted by atomic mass is 28.4. The van der Waals surface area contributed by atoms with Crippen molar-refractivity contribution in [3.05, 3.63) is 24.6 Å². The molecule has 0 atom stereocenters. The fourth-order valence-corrected chi connectivity index (χ4v) is 0. The molecule has 0 amide bonds. The van der Waals surface area contributed by atoms with E-state index in [0.717, 1.165) is 0 Å². The van der Waals surface area contributed by atoms with Gasteiger partial charge in [0.05, 0.1) is 8.07 Å². The quantitative estimate of drug-likeness (QED) is 0.761. The van der Waals surface area contributed by atoms with Crippen molar-refractivity contribution in [3.8, 4) is 0 Å². The van der Waals surface area contributed by atoms with Crippen LogP contribution in [0.3, 0.4) is 0 Å². The van der Waals surface area contributed by atoms with Crippen LogP contribution in [0.2, 0.25) is 52.4 Å². The Morgan fingerprint density at radius 1 is 0.706 bits per heavy atom. The van der Waals surface area contributed by atoms with Gasteiger partial charge in [-0.25, -0.2) is 0 Å². The Labute approximate surface area is 111 Å². The van der Waals surface area contributed by atoms with Crippen LogP contribution in [0.5, 0.6) is 0 Å². The first-order valence-electron chi connectivity index (χ1n) is 5.84. The molecular formula is C12H32O2Si3. The Morgan fingerprint density at radius 2 is 0.824 bits per heavy atom. The van der Waals surface area contributed by atoms with Crippen molar-refractivity contribution in [2.45, 2.75) is 52.4 Å². The number of hydrogen-bond donors (Lipinski definition) is 2. The van der Waals surface area contributed by atoms with Crippen LogP contribution in [0.15, 0.2) is 24.6 Å². The first-order chi connectivity index (χ1) is 7.12. The summed E-state index contributed by atoms with van der Waals surface area (Å²) in [5.74, 6) is 0. The predicted octanol–water partition coefficient (Wildman–Crippen LogP) is 3.77. The van der Waals surface area contributed by atoms with E-state index < -0.39 is 24.7 Å². The molecule has 0 fully saturated rings. The van der Waals surface area contributed by atoms with Crippen molar-refractivity contribution in [2.75, 3.05) is 0 Å². The van der Waals surface area contributed by atoms with Gasteiger partial charge in [0.25, 0.3) is 0 Å². The molecule has 0 aromatic heterocycles. The minimum atomic E-state index is -1.87. The third-order valence-corrected chi connectivity index (χ3v) is 3.34. The Hall–Kier alpha value is 0.0506. The Morgan fingerprint density at radius 3 is 0.824 bits per heavy atom. The zero-order chi connectivity index (χ0) is 14.9. The molecule has 0 unspecified atom stereocenters. The minimum Gasteiger partial charge on any atom is -0.433 e. The lowest BCUT2D eigenvalue weighted by Gasteiger charge is -2.04. The molecule has 0 aliphatic heterocycles. The molecule has 5 heteroatoms. The van der Waals surface area contributed by atoms with E-state index in [4.69, 9.17) is 9.59 Å². The molecule has 0 heterocycles. The van der Waals surface area contributed by atoms with Gasteiger partial charge in [-0.1, -0.05) is 25.3 Å². The molecule has 2 N–H and O–H groups in total. The van der Waals surface area contributed by atoms with Gasteiger partial charge in [0.2, 0.25) is 8.32 Å².